The minimum atomic E-state index is -4.49. The van der Waals surface area contributed by atoms with Gasteiger partial charge in [0.25, 0.3) is 0 Å². The number of hydrogen-bond acceptors (Lipinski definition) is 4. The van der Waals surface area contributed by atoms with Crippen LogP contribution < -0.4 is 15.0 Å². The molecule has 7 heteroatoms. The summed E-state index contributed by atoms with van der Waals surface area (Å²) in [6, 6.07) is 12.0. The Kier molecular flexibility index (Phi) is 5.43. The number of aromatic nitrogens is 1. The molecule has 1 N–H and O–H groups in total. The molecule has 3 rings (SSSR count). The van der Waals surface area contributed by atoms with Crippen molar-refractivity contribution in [3.63, 3.8) is 0 Å². The van der Waals surface area contributed by atoms with E-state index in [0.29, 0.717) is 25.3 Å². The quantitative estimate of drug-likeness (QED) is 0.898. The summed E-state index contributed by atoms with van der Waals surface area (Å²) in [6.45, 7) is 3.13. The first-order chi connectivity index (χ1) is 12.0. The van der Waals surface area contributed by atoms with Crippen molar-refractivity contribution in [3.8, 4) is 5.88 Å². The fourth-order valence-corrected chi connectivity index (χ4v) is 2.74. The number of ether oxygens (including phenoxy) is 1. The maximum atomic E-state index is 13.2. The third kappa shape index (κ3) is 4.63. The van der Waals surface area contributed by atoms with Crippen molar-refractivity contribution in [2.45, 2.75) is 12.6 Å². The monoisotopic (exact) mass is 351 g/mol. The molecule has 1 fully saturated rings. The van der Waals surface area contributed by atoms with Gasteiger partial charge in [-0.1, -0.05) is 30.3 Å². The molecule has 0 bridgehead atoms. The summed E-state index contributed by atoms with van der Waals surface area (Å²) in [5, 5.41) is 3.21. The first kappa shape index (κ1) is 17.5. The van der Waals surface area contributed by atoms with Crippen molar-refractivity contribution in [2.24, 2.45) is 0 Å². The molecule has 0 amide bonds. The lowest BCUT2D eigenvalue weighted by molar-refractivity contribution is -0.139. The number of anilines is 1. The summed E-state index contributed by atoms with van der Waals surface area (Å²) in [5.74, 6) is 0.170. The van der Waals surface area contributed by atoms with E-state index in [1.807, 2.05) is 35.2 Å². The molecule has 4 nitrogen and oxygen atoms in total. The Balaban J connectivity index is 1.76. The molecule has 1 aliphatic rings. The molecular weight excluding hydrogens is 331 g/mol. The summed E-state index contributed by atoms with van der Waals surface area (Å²) >= 11 is 0. The summed E-state index contributed by atoms with van der Waals surface area (Å²) < 4.78 is 45.1. The van der Waals surface area contributed by atoms with Gasteiger partial charge in [-0.15, -0.1) is 0 Å². The number of nitrogens with zero attached hydrogens (tertiary/aromatic N) is 2. The standard InChI is InChI=1S/C18H20F3N3O/c19-18(20,21)15-6-7-16(24-11-9-22-10-12-24)23-17(15)25-13-8-14-4-2-1-3-5-14/h1-7,22H,8-13H2. The lowest BCUT2D eigenvalue weighted by atomic mass is 10.2. The van der Waals surface area contributed by atoms with Gasteiger partial charge >= 0.3 is 6.18 Å². The number of benzene rings is 1. The molecule has 25 heavy (non-hydrogen) atoms. The predicted molar refractivity (Wildman–Crippen MR) is 90.0 cm³/mol. The zero-order valence-electron chi connectivity index (χ0n) is 13.7. The van der Waals surface area contributed by atoms with Crippen LogP contribution in [0.1, 0.15) is 11.1 Å². The van der Waals surface area contributed by atoms with Gasteiger partial charge in [-0.25, -0.2) is 0 Å². The first-order valence-electron chi connectivity index (χ1n) is 8.25. The van der Waals surface area contributed by atoms with Crippen LogP contribution >= 0.6 is 0 Å². The highest BCUT2D eigenvalue weighted by atomic mass is 19.4. The molecule has 0 saturated carbocycles. The van der Waals surface area contributed by atoms with Crippen LogP contribution in [0.2, 0.25) is 0 Å². The number of pyridine rings is 1. The molecule has 1 saturated heterocycles. The fraction of sp³-hybridized carbons (Fsp3) is 0.389. The molecule has 0 spiro atoms. The first-order valence-corrected chi connectivity index (χ1v) is 8.25. The molecule has 0 atom stereocenters. The predicted octanol–water partition coefficient (Wildman–Crippen LogP) is 3.13. The van der Waals surface area contributed by atoms with Gasteiger partial charge in [0.05, 0.1) is 6.61 Å². The molecule has 1 aromatic carbocycles. The van der Waals surface area contributed by atoms with Gasteiger partial charge in [-0.05, 0) is 17.7 Å². The van der Waals surface area contributed by atoms with Gasteiger partial charge in [-0.3, -0.25) is 0 Å². The number of nitrogens with one attached hydrogen (secondary N) is 1. The SMILES string of the molecule is FC(F)(F)c1ccc(N2CCNCC2)nc1OCCc1ccccc1. The van der Waals surface area contributed by atoms with E-state index in [-0.39, 0.29) is 12.5 Å². The highest BCUT2D eigenvalue weighted by molar-refractivity contribution is 5.45. The smallest absolute Gasteiger partial charge is 0.421 e. The summed E-state index contributed by atoms with van der Waals surface area (Å²) in [4.78, 5) is 6.11. The van der Waals surface area contributed by atoms with Gasteiger partial charge in [-0.2, -0.15) is 18.2 Å². The van der Waals surface area contributed by atoms with Gasteiger partial charge in [0.2, 0.25) is 5.88 Å². The van der Waals surface area contributed by atoms with Crippen LogP contribution in [0.3, 0.4) is 0 Å². The van der Waals surface area contributed by atoms with Crippen LogP contribution in [0.25, 0.3) is 0 Å². The van der Waals surface area contributed by atoms with E-state index in [4.69, 9.17) is 4.74 Å². The van der Waals surface area contributed by atoms with Crippen molar-refractivity contribution in [2.75, 3.05) is 37.7 Å². The highest BCUT2D eigenvalue weighted by Crippen LogP contribution is 2.36. The van der Waals surface area contributed by atoms with Crippen molar-refractivity contribution in [3.05, 3.63) is 53.6 Å². The largest absolute Gasteiger partial charge is 0.477 e. The molecule has 2 heterocycles. The Labute approximate surface area is 144 Å². The van der Waals surface area contributed by atoms with E-state index >= 15 is 0 Å². The van der Waals surface area contributed by atoms with E-state index in [0.717, 1.165) is 24.7 Å². The molecule has 2 aromatic rings. The van der Waals surface area contributed by atoms with E-state index in [1.54, 1.807) is 0 Å². The molecule has 0 radical (unpaired) electrons. The van der Waals surface area contributed by atoms with Gasteiger partial charge < -0.3 is 15.0 Å². The zero-order chi connectivity index (χ0) is 17.7. The number of piperazine rings is 1. The van der Waals surface area contributed by atoms with Crippen molar-refractivity contribution >= 4 is 5.82 Å². The lowest BCUT2D eigenvalue weighted by Crippen LogP contribution is -2.43. The minimum absolute atomic E-state index is 0.144. The second-order valence-corrected chi connectivity index (χ2v) is 5.84. The van der Waals surface area contributed by atoms with Gasteiger partial charge in [0, 0.05) is 32.6 Å². The maximum Gasteiger partial charge on any atom is 0.421 e. The van der Waals surface area contributed by atoms with E-state index in [2.05, 4.69) is 10.3 Å². The molecular formula is C18H20F3N3O. The van der Waals surface area contributed by atoms with Crippen LogP contribution in [0.15, 0.2) is 42.5 Å². The Bertz CT molecular complexity index is 686. The van der Waals surface area contributed by atoms with Crippen LogP contribution in [-0.2, 0) is 12.6 Å². The van der Waals surface area contributed by atoms with E-state index in [1.165, 1.54) is 6.07 Å². The average molecular weight is 351 g/mol. The van der Waals surface area contributed by atoms with Crippen molar-refractivity contribution in [1.29, 1.82) is 0 Å². The van der Waals surface area contributed by atoms with Crippen LogP contribution in [0.5, 0.6) is 5.88 Å². The number of rotatable bonds is 5. The lowest BCUT2D eigenvalue weighted by Gasteiger charge is -2.29. The normalized spacial score (nSPS) is 15.2. The Morgan fingerprint density at radius 3 is 2.44 bits per heavy atom. The summed E-state index contributed by atoms with van der Waals surface area (Å²) in [7, 11) is 0. The third-order valence-corrected chi connectivity index (χ3v) is 4.06. The third-order valence-electron chi connectivity index (χ3n) is 4.06. The van der Waals surface area contributed by atoms with Crippen LogP contribution in [0, 0.1) is 0 Å². The van der Waals surface area contributed by atoms with Gasteiger partial charge in [0.1, 0.15) is 11.4 Å². The molecule has 1 aromatic heterocycles. The summed E-state index contributed by atoms with van der Waals surface area (Å²) in [5.41, 5.74) is 0.175. The van der Waals surface area contributed by atoms with E-state index in [9.17, 15) is 13.2 Å². The average Bonchev–Trinajstić information content (AvgIpc) is 2.62. The van der Waals surface area contributed by atoms with E-state index < -0.39 is 11.7 Å². The molecule has 1 aliphatic heterocycles. The van der Waals surface area contributed by atoms with Crippen LogP contribution in [-0.4, -0.2) is 37.8 Å². The summed E-state index contributed by atoms with van der Waals surface area (Å²) in [6.07, 6.45) is -3.96. The minimum Gasteiger partial charge on any atom is -0.477 e. The topological polar surface area (TPSA) is 37.4 Å². The molecule has 0 unspecified atom stereocenters. The zero-order valence-corrected chi connectivity index (χ0v) is 13.7. The van der Waals surface area contributed by atoms with Gasteiger partial charge in [0.15, 0.2) is 0 Å². The highest BCUT2D eigenvalue weighted by Gasteiger charge is 2.35. The Hall–Kier alpha value is -2.28. The van der Waals surface area contributed by atoms with Crippen molar-refractivity contribution in [1.82, 2.24) is 10.3 Å². The maximum absolute atomic E-state index is 13.2. The second-order valence-electron chi connectivity index (χ2n) is 5.84. The Morgan fingerprint density at radius 1 is 1.04 bits per heavy atom. The van der Waals surface area contributed by atoms with Crippen LogP contribution in [0.4, 0.5) is 19.0 Å². The molecule has 0 aliphatic carbocycles. The second kappa shape index (κ2) is 7.74. The Morgan fingerprint density at radius 2 is 1.76 bits per heavy atom. The molecule has 134 valence electrons. The van der Waals surface area contributed by atoms with Crippen molar-refractivity contribution < 1.29 is 17.9 Å². The number of hydrogen-bond donors (Lipinski definition) is 1. The number of alkyl halides is 3. The number of halogens is 3. The fourth-order valence-electron chi connectivity index (χ4n) is 2.74.